The van der Waals surface area contributed by atoms with Gasteiger partial charge in [0, 0.05) is 24.0 Å². The Hall–Kier alpha value is -2.65. The molecule has 3 rings (SSSR count). The molecule has 0 fully saturated rings. The standard InChI is InChI=1S/C20H24N4O3S2/c1-13(20-14(2)22-24(4)15(20)3)21-18(25)12-16-7-9-17(10-8-16)23-29(26,27)19-6-5-11-28-19/h5-11,13,23H,12H2,1-4H3,(H,21,25). The van der Waals surface area contributed by atoms with Crippen LogP contribution in [0.4, 0.5) is 5.69 Å². The van der Waals surface area contributed by atoms with Crippen molar-refractivity contribution in [1.82, 2.24) is 15.1 Å². The van der Waals surface area contributed by atoms with Gasteiger partial charge in [0.25, 0.3) is 10.0 Å². The van der Waals surface area contributed by atoms with E-state index in [-0.39, 0.29) is 22.6 Å². The Morgan fingerprint density at radius 1 is 1.21 bits per heavy atom. The number of amides is 1. The van der Waals surface area contributed by atoms with Gasteiger partial charge in [0.2, 0.25) is 5.91 Å². The molecule has 2 aromatic heterocycles. The highest BCUT2D eigenvalue weighted by atomic mass is 32.2. The lowest BCUT2D eigenvalue weighted by atomic mass is 10.1. The van der Waals surface area contributed by atoms with Crippen LogP contribution < -0.4 is 10.0 Å². The number of carbonyl (C=O) groups is 1. The molecule has 1 unspecified atom stereocenters. The van der Waals surface area contributed by atoms with Crippen LogP contribution in [0.2, 0.25) is 0 Å². The van der Waals surface area contributed by atoms with Gasteiger partial charge in [-0.25, -0.2) is 8.42 Å². The normalized spacial score (nSPS) is 12.6. The van der Waals surface area contributed by atoms with Gasteiger partial charge in [-0.1, -0.05) is 18.2 Å². The van der Waals surface area contributed by atoms with Crippen LogP contribution in [-0.4, -0.2) is 24.1 Å². The van der Waals surface area contributed by atoms with Crippen LogP contribution in [0.3, 0.4) is 0 Å². The summed E-state index contributed by atoms with van der Waals surface area (Å²) in [6.07, 6.45) is 0.209. The Morgan fingerprint density at radius 2 is 1.90 bits per heavy atom. The van der Waals surface area contributed by atoms with Crippen LogP contribution in [0, 0.1) is 13.8 Å². The number of rotatable bonds is 7. The molecule has 0 saturated heterocycles. The molecule has 0 saturated carbocycles. The maximum absolute atomic E-state index is 12.4. The van der Waals surface area contributed by atoms with Gasteiger partial charge in [0.15, 0.2) is 0 Å². The Kier molecular flexibility index (Phi) is 6.09. The molecule has 7 nitrogen and oxygen atoms in total. The zero-order valence-corrected chi connectivity index (χ0v) is 18.4. The van der Waals surface area contributed by atoms with Gasteiger partial charge in [-0.3, -0.25) is 14.2 Å². The fourth-order valence-electron chi connectivity index (χ4n) is 3.28. The maximum atomic E-state index is 12.4. The van der Waals surface area contributed by atoms with E-state index < -0.39 is 10.0 Å². The fourth-order valence-corrected chi connectivity index (χ4v) is 5.33. The van der Waals surface area contributed by atoms with Crippen molar-refractivity contribution in [3.8, 4) is 0 Å². The minimum absolute atomic E-state index is 0.105. The molecule has 1 atom stereocenters. The minimum Gasteiger partial charge on any atom is -0.349 e. The molecule has 0 spiro atoms. The molecule has 0 bridgehead atoms. The quantitative estimate of drug-likeness (QED) is 0.599. The zero-order chi connectivity index (χ0) is 21.2. The number of aryl methyl sites for hydroxylation is 2. The third kappa shape index (κ3) is 4.86. The number of hydrogen-bond acceptors (Lipinski definition) is 5. The predicted octanol–water partition coefficient (Wildman–Crippen LogP) is 3.32. The van der Waals surface area contributed by atoms with Crippen molar-refractivity contribution in [1.29, 1.82) is 0 Å². The number of thiophene rings is 1. The van der Waals surface area contributed by atoms with Crippen molar-refractivity contribution in [3.63, 3.8) is 0 Å². The molecule has 0 radical (unpaired) electrons. The monoisotopic (exact) mass is 432 g/mol. The van der Waals surface area contributed by atoms with Crippen LogP contribution in [0.1, 0.15) is 35.5 Å². The summed E-state index contributed by atoms with van der Waals surface area (Å²) in [5.74, 6) is -0.105. The number of sulfonamides is 1. The van der Waals surface area contributed by atoms with Crippen LogP contribution in [0.15, 0.2) is 46.0 Å². The van der Waals surface area contributed by atoms with Gasteiger partial charge in [0.05, 0.1) is 18.2 Å². The maximum Gasteiger partial charge on any atom is 0.271 e. The van der Waals surface area contributed by atoms with Gasteiger partial charge < -0.3 is 5.32 Å². The van der Waals surface area contributed by atoms with Crippen molar-refractivity contribution in [2.45, 2.75) is 37.4 Å². The first kappa shape index (κ1) is 21.1. The summed E-state index contributed by atoms with van der Waals surface area (Å²) in [5.41, 5.74) is 4.21. The van der Waals surface area contributed by atoms with Crippen LogP contribution in [0.25, 0.3) is 0 Å². The molecule has 3 aromatic rings. The van der Waals surface area contributed by atoms with E-state index in [0.29, 0.717) is 5.69 Å². The second-order valence-electron chi connectivity index (χ2n) is 6.91. The van der Waals surface area contributed by atoms with Gasteiger partial charge in [-0.05, 0) is 49.9 Å². The fraction of sp³-hybridized carbons (Fsp3) is 0.300. The molecular formula is C20H24N4O3S2. The lowest BCUT2D eigenvalue weighted by molar-refractivity contribution is -0.121. The molecule has 2 N–H and O–H groups in total. The average molecular weight is 433 g/mol. The van der Waals surface area contributed by atoms with Crippen molar-refractivity contribution < 1.29 is 13.2 Å². The van der Waals surface area contributed by atoms with E-state index in [2.05, 4.69) is 15.1 Å². The molecular weight excluding hydrogens is 408 g/mol. The Morgan fingerprint density at radius 3 is 2.45 bits per heavy atom. The second kappa shape index (κ2) is 8.38. The first-order valence-electron chi connectivity index (χ1n) is 9.12. The number of carbonyl (C=O) groups excluding carboxylic acids is 1. The van der Waals surface area contributed by atoms with Crippen molar-refractivity contribution in [3.05, 3.63) is 64.3 Å². The molecule has 29 heavy (non-hydrogen) atoms. The van der Waals surface area contributed by atoms with Crippen molar-refractivity contribution >= 4 is 33.0 Å². The summed E-state index contributed by atoms with van der Waals surface area (Å²) in [5, 5.41) is 9.11. The van der Waals surface area contributed by atoms with Crippen LogP contribution in [-0.2, 0) is 28.3 Å². The van der Waals surface area contributed by atoms with Crippen LogP contribution >= 0.6 is 11.3 Å². The zero-order valence-electron chi connectivity index (χ0n) is 16.8. The van der Waals surface area contributed by atoms with Gasteiger partial charge in [0.1, 0.15) is 4.21 Å². The number of aromatic nitrogens is 2. The first-order valence-corrected chi connectivity index (χ1v) is 11.5. The summed E-state index contributed by atoms with van der Waals surface area (Å²) in [4.78, 5) is 12.4. The lowest BCUT2D eigenvalue weighted by Crippen LogP contribution is -2.28. The molecule has 2 heterocycles. The summed E-state index contributed by atoms with van der Waals surface area (Å²) in [7, 11) is -1.69. The van der Waals surface area contributed by atoms with Crippen molar-refractivity contribution in [2.75, 3.05) is 4.72 Å². The van der Waals surface area contributed by atoms with Gasteiger partial charge >= 0.3 is 0 Å². The summed E-state index contributed by atoms with van der Waals surface area (Å²) < 4.78 is 29.1. The lowest BCUT2D eigenvalue weighted by Gasteiger charge is -2.15. The number of hydrogen-bond donors (Lipinski definition) is 2. The Labute approximate surface area is 174 Å². The number of nitrogens with zero attached hydrogens (tertiary/aromatic N) is 2. The van der Waals surface area contributed by atoms with E-state index in [4.69, 9.17) is 0 Å². The minimum atomic E-state index is -3.58. The van der Waals surface area contributed by atoms with Crippen molar-refractivity contribution in [2.24, 2.45) is 7.05 Å². The van der Waals surface area contributed by atoms with Gasteiger partial charge in [-0.2, -0.15) is 5.10 Å². The van der Waals surface area contributed by atoms with E-state index >= 15 is 0 Å². The summed E-state index contributed by atoms with van der Waals surface area (Å²) in [6.45, 7) is 5.85. The molecule has 154 valence electrons. The topological polar surface area (TPSA) is 93.1 Å². The highest BCUT2D eigenvalue weighted by Gasteiger charge is 2.18. The summed E-state index contributed by atoms with van der Waals surface area (Å²) >= 11 is 1.16. The number of nitrogens with one attached hydrogen (secondary N) is 2. The van der Waals surface area contributed by atoms with E-state index in [1.165, 1.54) is 0 Å². The predicted molar refractivity (Wildman–Crippen MR) is 115 cm³/mol. The molecule has 9 heteroatoms. The Balaban J connectivity index is 1.61. The van der Waals surface area contributed by atoms with E-state index in [1.54, 1.807) is 41.8 Å². The van der Waals surface area contributed by atoms with Gasteiger partial charge in [-0.15, -0.1) is 11.3 Å². The highest BCUT2D eigenvalue weighted by Crippen LogP contribution is 2.22. The molecule has 0 aliphatic heterocycles. The third-order valence-corrected chi connectivity index (χ3v) is 7.49. The Bertz CT molecular complexity index is 1100. The molecule has 1 aromatic carbocycles. The number of anilines is 1. The SMILES string of the molecule is Cc1nn(C)c(C)c1C(C)NC(=O)Cc1ccc(NS(=O)(=O)c2cccs2)cc1. The highest BCUT2D eigenvalue weighted by molar-refractivity contribution is 7.94. The largest absolute Gasteiger partial charge is 0.349 e. The second-order valence-corrected chi connectivity index (χ2v) is 9.77. The number of benzene rings is 1. The van der Waals surface area contributed by atoms with E-state index in [0.717, 1.165) is 33.9 Å². The van der Waals surface area contributed by atoms with Crippen LogP contribution in [0.5, 0.6) is 0 Å². The molecule has 1 amide bonds. The van der Waals surface area contributed by atoms with E-state index in [9.17, 15) is 13.2 Å². The third-order valence-electron chi connectivity index (χ3n) is 4.71. The summed E-state index contributed by atoms with van der Waals surface area (Å²) in [6, 6.07) is 9.91. The molecule has 0 aliphatic carbocycles. The average Bonchev–Trinajstić information content (AvgIpc) is 3.26. The smallest absolute Gasteiger partial charge is 0.271 e. The first-order chi connectivity index (χ1) is 13.7. The molecule has 0 aliphatic rings. The van der Waals surface area contributed by atoms with E-state index in [1.807, 2.05) is 32.5 Å².